The Morgan fingerprint density at radius 3 is 2.20 bits per heavy atom. The molecule has 2 fully saturated rings. The molecule has 10 heavy (non-hydrogen) atoms. The number of hydrogen-bond acceptors (Lipinski definition) is 1. The summed E-state index contributed by atoms with van der Waals surface area (Å²) in [5.41, 5.74) is 7.07. The summed E-state index contributed by atoms with van der Waals surface area (Å²) in [5.74, 6) is 0.926. The third-order valence-corrected chi connectivity index (χ3v) is 4.25. The zero-order chi connectivity index (χ0) is 7.57. The first-order valence-corrected chi connectivity index (χ1v) is 4.24. The lowest BCUT2D eigenvalue weighted by Gasteiger charge is -2.17. The van der Waals surface area contributed by atoms with Crippen molar-refractivity contribution < 1.29 is 0 Å². The fourth-order valence-electron chi connectivity index (χ4n) is 3.09. The van der Waals surface area contributed by atoms with Crippen LogP contribution in [0.4, 0.5) is 0 Å². The molecular formula is C9H17N. The van der Waals surface area contributed by atoms with Gasteiger partial charge in [-0.3, -0.25) is 0 Å². The minimum atomic E-state index is 0.503. The van der Waals surface area contributed by atoms with Crippen molar-refractivity contribution in [3.8, 4) is 0 Å². The van der Waals surface area contributed by atoms with Crippen LogP contribution in [-0.2, 0) is 0 Å². The lowest BCUT2D eigenvalue weighted by molar-refractivity contribution is 0.360. The monoisotopic (exact) mass is 139 g/mol. The van der Waals surface area contributed by atoms with E-state index < -0.39 is 0 Å². The van der Waals surface area contributed by atoms with Crippen LogP contribution >= 0.6 is 0 Å². The summed E-state index contributed by atoms with van der Waals surface area (Å²) in [6.45, 7) is 7.15. The summed E-state index contributed by atoms with van der Waals surface area (Å²) in [4.78, 5) is 0. The fourth-order valence-corrected chi connectivity index (χ4v) is 3.09. The minimum absolute atomic E-state index is 0.503. The van der Waals surface area contributed by atoms with E-state index in [-0.39, 0.29) is 0 Å². The van der Waals surface area contributed by atoms with Crippen molar-refractivity contribution in [2.45, 2.75) is 39.7 Å². The molecule has 0 radical (unpaired) electrons. The molecule has 0 spiro atoms. The van der Waals surface area contributed by atoms with Crippen molar-refractivity contribution in [2.75, 3.05) is 0 Å². The lowest BCUT2D eigenvalue weighted by Crippen LogP contribution is -2.22. The van der Waals surface area contributed by atoms with E-state index >= 15 is 0 Å². The van der Waals surface area contributed by atoms with Gasteiger partial charge in [0.2, 0.25) is 0 Å². The van der Waals surface area contributed by atoms with Crippen LogP contribution in [0.2, 0.25) is 0 Å². The molecule has 3 atom stereocenters. The zero-order valence-corrected chi connectivity index (χ0v) is 7.15. The maximum Gasteiger partial charge on any atom is 0.00473 e. The van der Waals surface area contributed by atoms with E-state index in [1.54, 1.807) is 0 Å². The SMILES string of the molecule is CC1(C)C2CC(N)CC21C. The quantitative estimate of drug-likeness (QED) is 0.544. The Kier molecular flexibility index (Phi) is 0.949. The van der Waals surface area contributed by atoms with E-state index in [0.29, 0.717) is 16.9 Å². The standard InChI is InChI=1S/C9H17N/c1-8(2)7-4-6(10)5-9(7,8)3/h6-7H,4-5,10H2,1-3H3. The second-order valence-electron chi connectivity index (χ2n) is 4.89. The minimum Gasteiger partial charge on any atom is -0.328 e. The van der Waals surface area contributed by atoms with Gasteiger partial charge in [0.15, 0.2) is 0 Å². The topological polar surface area (TPSA) is 26.0 Å². The maximum absolute atomic E-state index is 5.86. The van der Waals surface area contributed by atoms with Crippen molar-refractivity contribution in [1.82, 2.24) is 0 Å². The molecule has 2 rings (SSSR count). The van der Waals surface area contributed by atoms with Crippen LogP contribution in [0.25, 0.3) is 0 Å². The first-order valence-electron chi connectivity index (χ1n) is 4.24. The Labute approximate surface area is 63.0 Å². The van der Waals surface area contributed by atoms with Crippen LogP contribution in [0.1, 0.15) is 33.6 Å². The normalized spacial score (nSPS) is 56.4. The highest BCUT2D eigenvalue weighted by Crippen LogP contribution is 2.75. The van der Waals surface area contributed by atoms with E-state index in [1.807, 2.05) is 0 Å². The second kappa shape index (κ2) is 1.42. The van der Waals surface area contributed by atoms with Gasteiger partial charge in [0.05, 0.1) is 0 Å². The van der Waals surface area contributed by atoms with E-state index in [1.165, 1.54) is 12.8 Å². The molecule has 0 bridgehead atoms. The molecule has 2 N–H and O–H groups in total. The molecule has 0 aliphatic heterocycles. The molecule has 1 heteroatoms. The predicted octanol–water partition coefficient (Wildman–Crippen LogP) is 1.77. The molecule has 2 saturated carbocycles. The van der Waals surface area contributed by atoms with Crippen LogP contribution in [0.15, 0.2) is 0 Å². The van der Waals surface area contributed by atoms with E-state index in [2.05, 4.69) is 20.8 Å². The molecule has 2 aliphatic carbocycles. The van der Waals surface area contributed by atoms with Gasteiger partial charge in [0.25, 0.3) is 0 Å². The Hall–Kier alpha value is -0.0400. The molecular weight excluding hydrogens is 122 g/mol. The van der Waals surface area contributed by atoms with Gasteiger partial charge in [-0.25, -0.2) is 0 Å². The lowest BCUT2D eigenvalue weighted by atomic mass is 9.91. The van der Waals surface area contributed by atoms with Crippen molar-refractivity contribution in [3.05, 3.63) is 0 Å². The molecule has 3 unspecified atom stereocenters. The molecule has 0 aromatic rings. The predicted molar refractivity (Wildman–Crippen MR) is 42.6 cm³/mol. The molecule has 0 saturated heterocycles. The highest BCUT2D eigenvalue weighted by Gasteiger charge is 2.70. The van der Waals surface area contributed by atoms with Crippen molar-refractivity contribution >= 4 is 0 Å². The average Bonchev–Trinajstić information content (AvgIpc) is 2.21. The summed E-state index contributed by atoms with van der Waals surface area (Å²) in [7, 11) is 0. The summed E-state index contributed by atoms with van der Waals surface area (Å²) in [6.07, 6.45) is 2.52. The molecule has 58 valence electrons. The van der Waals surface area contributed by atoms with Gasteiger partial charge in [-0.05, 0) is 29.6 Å². The van der Waals surface area contributed by atoms with Gasteiger partial charge in [0, 0.05) is 6.04 Å². The van der Waals surface area contributed by atoms with Gasteiger partial charge in [-0.2, -0.15) is 0 Å². The Morgan fingerprint density at radius 1 is 1.30 bits per heavy atom. The van der Waals surface area contributed by atoms with Gasteiger partial charge >= 0.3 is 0 Å². The van der Waals surface area contributed by atoms with Crippen molar-refractivity contribution in [2.24, 2.45) is 22.5 Å². The highest BCUT2D eigenvalue weighted by molar-refractivity contribution is 5.20. The van der Waals surface area contributed by atoms with E-state index in [4.69, 9.17) is 5.73 Å². The largest absolute Gasteiger partial charge is 0.328 e. The third kappa shape index (κ3) is 0.493. The van der Waals surface area contributed by atoms with E-state index in [0.717, 1.165) is 5.92 Å². The molecule has 0 aromatic heterocycles. The Bertz CT molecular complexity index is 174. The fraction of sp³-hybridized carbons (Fsp3) is 1.00. The zero-order valence-electron chi connectivity index (χ0n) is 7.15. The first kappa shape index (κ1) is 6.66. The molecule has 0 aromatic carbocycles. The van der Waals surface area contributed by atoms with Crippen molar-refractivity contribution in [3.63, 3.8) is 0 Å². The van der Waals surface area contributed by atoms with Crippen LogP contribution in [0.5, 0.6) is 0 Å². The Balaban J connectivity index is 2.20. The second-order valence-corrected chi connectivity index (χ2v) is 4.89. The molecule has 2 aliphatic rings. The van der Waals surface area contributed by atoms with E-state index in [9.17, 15) is 0 Å². The number of nitrogens with two attached hydrogens (primary N) is 1. The average molecular weight is 139 g/mol. The summed E-state index contributed by atoms with van der Waals surface area (Å²) in [5, 5.41) is 0. The number of fused-ring (bicyclic) bond motifs is 1. The summed E-state index contributed by atoms with van der Waals surface area (Å²) < 4.78 is 0. The Morgan fingerprint density at radius 2 is 1.90 bits per heavy atom. The number of hydrogen-bond donors (Lipinski definition) is 1. The maximum atomic E-state index is 5.86. The molecule has 0 amide bonds. The smallest absolute Gasteiger partial charge is 0.00473 e. The highest BCUT2D eigenvalue weighted by atomic mass is 14.8. The van der Waals surface area contributed by atoms with Gasteiger partial charge in [-0.1, -0.05) is 20.8 Å². The first-order chi connectivity index (χ1) is 4.48. The summed E-state index contributed by atoms with van der Waals surface area (Å²) >= 11 is 0. The van der Waals surface area contributed by atoms with Crippen LogP contribution < -0.4 is 5.73 Å². The summed E-state index contributed by atoms with van der Waals surface area (Å²) in [6, 6.07) is 0.503. The van der Waals surface area contributed by atoms with Crippen LogP contribution in [-0.4, -0.2) is 6.04 Å². The number of rotatable bonds is 0. The van der Waals surface area contributed by atoms with Crippen molar-refractivity contribution in [1.29, 1.82) is 0 Å². The van der Waals surface area contributed by atoms with Gasteiger partial charge in [-0.15, -0.1) is 0 Å². The van der Waals surface area contributed by atoms with Crippen LogP contribution in [0.3, 0.4) is 0 Å². The third-order valence-electron chi connectivity index (χ3n) is 4.25. The van der Waals surface area contributed by atoms with Crippen LogP contribution in [0, 0.1) is 16.7 Å². The van der Waals surface area contributed by atoms with Gasteiger partial charge < -0.3 is 5.73 Å². The van der Waals surface area contributed by atoms with Gasteiger partial charge in [0.1, 0.15) is 0 Å². The molecule has 0 heterocycles. The molecule has 1 nitrogen and oxygen atoms in total.